The van der Waals surface area contributed by atoms with Crippen LogP contribution in [0.1, 0.15) is 41.0 Å². The highest BCUT2D eigenvalue weighted by Crippen LogP contribution is 2.17. The standard InChI is InChI=1S/C17H28N2O4S/c1-12(2)10-11-18-24(21,22)16-8-6-15(7-9-16)23-14(5)17(20)19-13(3)4/h6-9,12-14,18H,10-11H2,1-5H3,(H,19,20)/t14-/m0/s1. The Morgan fingerprint density at radius 3 is 2.17 bits per heavy atom. The van der Waals surface area contributed by atoms with Crippen LogP contribution in [0, 0.1) is 5.92 Å². The van der Waals surface area contributed by atoms with E-state index >= 15 is 0 Å². The predicted octanol–water partition coefficient (Wildman–Crippen LogP) is 2.30. The lowest BCUT2D eigenvalue weighted by Crippen LogP contribution is -2.40. The highest BCUT2D eigenvalue weighted by Gasteiger charge is 2.17. The zero-order valence-electron chi connectivity index (χ0n) is 15.0. The van der Waals surface area contributed by atoms with E-state index in [1.54, 1.807) is 19.1 Å². The molecule has 0 aliphatic rings. The maximum absolute atomic E-state index is 12.2. The quantitative estimate of drug-likeness (QED) is 0.711. The summed E-state index contributed by atoms with van der Waals surface area (Å²) in [7, 11) is -3.52. The maximum atomic E-state index is 12.2. The number of nitrogens with one attached hydrogen (secondary N) is 2. The Morgan fingerprint density at radius 2 is 1.67 bits per heavy atom. The molecule has 1 aromatic rings. The average molecular weight is 356 g/mol. The van der Waals surface area contributed by atoms with E-state index in [0.717, 1.165) is 6.42 Å². The lowest BCUT2D eigenvalue weighted by Gasteiger charge is -2.16. The number of ether oxygens (including phenoxy) is 1. The topological polar surface area (TPSA) is 84.5 Å². The van der Waals surface area contributed by atoms with Crippen molar-refractivity contribution in [3.63, 3.8) is 0 Å². The monoisotopic (exact) mass is 356 g/mol. The molecule has 0 spiro atoms. The molecule has 0 aromatic heterocycles. The summed E-state index contributed by atoms with van der Waals surface area (Å²) in [4.78, 5) is 12.0. The molecule has 0 bridgehead atoms. The van der Waals surface area contributed by atoms with Crippen LogP contribution in [-0.2, 0) is 14.8 Å². The number of hydrogen-bond acceptors (Lipinski definition) is 4. The second kappa shape index (κ2) is 9.03. The van der Waals surface area contributed by atoms with Crippen molar-refractivity contribution in [2.45, 2.75) is 58.1 Å². The van der Waals surface area contributed by atoms with E-state index in [-0.39, 0.29) is 16.8 Å². The summed E-state index contributed by atoms with van der Waals surface area (Å²) in [6.45, 7) is 9.88. The van der Waals surface area contributed by atoms with Gasteiger partial charge in [-0.1, -0.05) is 13.8 Å². The molecule has 0 saturated heterocycles. The Kier molecular flexibility index (Phi) is 7.69. The fourth-order valence-electron chi connectivity index (χ4n) is 1.92. The Labute approximate surface area is 145 Å². The van der Waals surface area contributed by atoms with Crippen LogP contribution in [0.4, 0.5) is 0 Å². The van der Waals surface area contributed by atoms with Crippen molar-refractivity contribution in [3.8, 4) is 5.75 Å². The third-order valence-electron chi connectivity index (χ3n) is 3.26. The number of carbonyl (C=O) groups excluding carboxylic acids is 1. The molecular weight excluding hydrogens is 328 g/mol. The van der Waals surface area contributed by atoms with Gasteiger partial charge in [0.25, 0.3) is 5.91 Å². The van der Waals surface area contributed by atoms with Gasteiger partial charge in [-0.3, -0.25) is 4.79 Å². The van der Waals surface area contributed by atoms with Crippen LogP contribution in [0.2, 0.25) is 0 Å². The van der Waals surface area contributed by atoms with Gasteiger partial charge in [0, 0.05) is 12.6 Å². The molecule has 0 aliphatic heterocycles. The van der Waals surface area contributed by atoms with E-state index < -0.39 is 16.1 Å². The van der Waals surface area contributed by atoms with Gasteiger partial charge in [0.2, 0.25) is 10.0 Å². The molecule has 7 heteroatoms. The molecule has 1 amide bonds. The van der Waals surface area contributed by atoms with E-state index in [1.807, 2.05) is 27.7 Å². The van der Waals surface area contributed by atoms with Gasteiger partial charge in [0.15, 0.2) is 6.10 Å². The van der Waals surface area contributed by atoms with E-state index in [9.17, 15) is 13.2 Å². The van der Waals surface area contributed by atoms with Crippen molar-refractivity contribution in [2.24, 2.45) is 5.92 Å². The SMILES string of the molecule is CC(C)CCNS(=O)(=O)c1ccc(O[C@@H](C)C(=O)NC(C)C)cc1. The minimum Gasteiger partial charge on any atom is -0.481 e. The summed E-state index contributed by atoms with van der Waals surface area (Å²) in [5.41, 5.74) is 0. The predicted molar refractivity (Wildman–Crippen MR) is 94.5 cm³/mol. The van der Waals surface area contributed by atoms with Crippen molar-refractivity contribution in [1.82, 2.24) is 10.0 Å². The minimum atomic E-state index is -3.52. The van der Waals surface area contributed by atoms with Crippen molar-refractivity contribution in [2.75, 3.05) is 6.54 Å². The number of benzene rings is 1. The minimum absolute atomic E-state index is 0.0352. The van der Waals surface area contributed by atoms with E-state index in [4.69, 9.17) is 4.74 Å². The first-order valence-electron chi connectivity index (χ1n) is 8.18. The van der Waals surface area contributed by atoms with Crippen molar-refractivity contribution in [1.29, 1.82) is 0 Å². The van der Waals surface area contributed by atoms with Crippen molar-refractivity contribution in [3.05, 3.63) is 24.3 Å². The van der Waals surface area contributed by atoms with Gasteiger partial charge in [0.1, 0.15) is 5.75 Å². The van der Waals surface area contributed by atoms with Gasteiger partial charge in [-0.2, -0.15) is 0 Å². The summed E-state index contributed by atoms with van der Waals surface area (Å²) >= 11 is 0. The molecule has 0 heterocycles. The van der Waals surface area contributed by atoms with Crippen LogP contribution in [0.3, 0.4) is 0 Å². The number of rotatable bonds is 9. The Morgan fingerprint density at radius 1 is 1.08 bits per heavy atom. The first-order chi connectivity index (χ1) is 11.1. The normalized spacial score (nSPS) is 13.1. The number of sulfonamides is 1. The summed E-state index contributed by atoms with van der Waals surface area (Å²) in [5.74, 6) is 0.668. The van der Waals surface area contributed by atoms with Crippen LogP contribution in [0.5, 0.6) is 5.75 Å². The van der Waals surface area contributed by atoms with Gasteiger partial charge in [0.05, 0.1) is 4.90 Å². The smallest absolute Gasteiger partial charge is 0.260 e. The Bertz CT molecular complexity index is 624. The summed E-state index contributed by atoms with van der Waals surface area (Å²) in [6, 6.07) is 6.08. The fourth-order valence-corrected chi connectivity index (χ4v) is 2.97. The van der Waals surface area contributed by atoms with Gasteiger partial charge in [-0.05, 0) is 57.4 Å². The van der Waals surface area contributed by atoms with Crippen LogP contribution in [0.15, 0.2) is 29.2 Å². The third kappa shape index (κ3) is 6.88. The molecule has 1 atom stereocenters. The van der Waals surface area contributed by atoms with E-state index in [0.29, 0.717) is 18.2 Å². The third-order valence-corrected chi connectivity index (χ3v) is 4.74. The molecule has 1 aromatic carbocycles. The molecule has 1 rings (SSSR count). The molecule has 0 radical (unpaired) electrons. The molecule has 24 heavy (non-hydrogen) atoms. The van der Waals surface area contributed by atoms with Gasteiger partial charge >= 0.3 is 0 Å². The first kappa shape index (κ1) is 20.4. The first-order valence-corrected chi connectivity index (χ1v) is 9.67. The zero-order chi connectivity index (χ0) is 18.3. The van der Waals surface area contributed by atoms with Gasteiger partial charge in [-0.25, -0.2) is 13.1 Å². The lowest BCUT2D eigenvalue weighted by atomic mass is 10.1. The summed E-state index contributed by atoms with van der Waals surface area (Å²) in [6.07, 6.45) is 0.127. The number of amides is 1. The molecule has 2 N–H and O–H groups in total. The van der Waals surface area contributed by atoms with Crippen LogP contribution in [-0.4, -0.2) is 33.0 Å². The molecule has 0 saturated carbocycles. The Balaban J connectivity index is 2.66. The largest absolute Gasteiger partial charge is 0.481 e. The second-order valence-corrected chi connectivity index (χ2v) is 8.24. The molecule has 0 fully saturated rings. The van der Waals surface area contributed by atoms with Crippen LogP contribution in [0.25, 0.3) is 0 Å². The fraction of sp³-hybridized carbons (Fsp3) is 0.588. The molecule has 6 nitrogen and oxygen atoms in total. The van der Waals surface area contributed by atoms with Crippen molar-refractivity contribution < 1.29 is 17.9 Å². The van der Waals surface area contributed by atoms with E-state index in [2.05, 4.69) is 10.0 Å². The van der Waals surface area contributed by atoms with Gasteiger partial charge < -0.3 is 10.1 Å². The summed E-state index contributed by atoms with van der Waals surface area (Å²) < 4.78 is 32.4. The highest BCUT2D eigenvalue weighted by atomic mass is 32.2. The summed E-state index contributed by atoms with van der Waals surface area (Å²) in [5, 5.41) is 2.76. The Hall–Kier alpha value is -1.60. The number of hydrogen-bond donors (Lipinski definition) is 2. The second-order valence-electron chi connectivity index (χ2n) is 6.48. The zero-order valence-corrected chi connectivity index (χ0v) is 15.8. The lowest BCUT2D eigenvalue weighted by molar-refractivity contribution is -0.127. The van der Waals surface area contributed by atoms with Crippen LogP contribution < -0.4 is 14.8 Å². The molecule has 0 aliphatic carbocycles. The van der Waals surface area contributed by atoms with Crippen molar-refractivity contribution >= 4 is 15.9 Å². The molecule has 136 valence electrons. The average Bonchev–Trinajstić information content (AvgIpc) is 2.46. The maximum Gasteiger partial charge on any atom is 0.260 e. The van der Waals surface area contributed by atoms with E-state index in [1.165, 1.54) is 12.1 Å². The van der Waals surface area contributed by atoms with Gasteiger partial charge in [-0.15, -0.1) is 0 Å². The number of carbonyl (C=O) groups is 1. The van der Waals surface area contributed by atoms with Crippen LogP contribution >= 0.6 is 0 Å². The highest BCUT2D eigenvalue weighted by molar-refractivity contribution is 7.89. The molecular formula is C17H28N2O4S. The molecule has 0 unspecified atom stereocenters.